The molecule has 2 aliphatic heterocycles. The second kappa shape index (κ2) is 8.51. The van der Waals surface area contributed by atoms with Gasteiger partial charge in [-0.05, 0) is 50.1 Å². The highest BCUT2D eigenvalue weighted by Gasteiger charge is 2.58. The molecule has 1 amide bonds. The monoisotopic (exact) mass is 479 g/mol. The lowest BCUT2D eigenvalue weighted by Crippen LogP contribution is -2.58. The number of rotatable bonds is 4. The van der Waals surface area contributed by atoms with Crippen LogP contribution < -0.4 is 10.9 Å². The molecule has 182 valence electrons. The van der Waals surface area contributed by atoms with Crippen LogP contribution in [0.25, 0.3) is 11.0 Å². The van der Waals surface area contributed by atoms with Gasteiger partial charge in [-0.25, -0.2) is 9.59 Å². The largest absolute Gasteiger partial charge is 0.509 e. The molecule has 9 nitrogen and oxygen atoms in total. The van der Waals surface area contributed by atoms with Crippen molar-refractivity contribution in [2.75, 3.05) is 12.4 Å². The summed E-state index contributed by atoms with van der Waals surface area (Å²) in [6.07, 6.45) is -3.35. The van der Waals surface area contributed by atoms with Crippen LogP contribution in [0.2, 0.25) is 0 Å². The molecule has 1 aromatic heterocycles. The highest BCUT2D eigenvalue weighted by atomic mass is 16.8. The van der Waals surface area contributed by atoms with E-state index in [1.165, 1.54) is 7.11 Å². The quantitative estimate of drug-likeness (QED) is 0.439. The number of amides is 1. The van der Waals surface area contributed by atoms with Crippen molar-refractivity contribution in [3.05, 3.63) is 75.6 Å². The molecule has 0 radical (unpaired) electrons. The summed E-state index contributed by atoms with van der Waals surface area (Å²) in [5.41, 5.74) is 0.684. The van der Waals surface area contributed by atoms with Gasteiger partial charge in [-0.15, -0.1) is 0 Å². The number of anilines is 1. The van der Waals surface area contributed by atoms with E-state index in [0.717, 1.165) is 0 Å². The van der Waals surface area contributed by atoms with Crippen LogP contribution in [0.1, 0.15) is 41.4 Å². The second-order valence-corrected chi connectivity index (χ2v) is 9.18. The molecule has 0 saturated carbocycles. The van der Waals surface area contributed by atoms with E-state index in [1.807, 2.05) is 19.9 Å². The standard InChI is InChI=1S/C26H25NO8/c1-13-16(19-20-21(34-25(30)33-20)22(31-4)26(2,3)35-19)11-10-15-12-17(24(29)32-18(13)15)27-23(28)14-8-6-5-7-9-14/h5-12,19-22H,1-4H3,(H,27,28)/t19-,20-,21-,22+/m0/s1. The van der Waals surface area contributed by atoms with E-state index < -0.39 is 47.7 Å². The Labute approximate surface area is 200 Å². The van der Waals surface area contributed by atoms with Crippen molar-refractivity contribution in [1.82, 2.24) is 0 Å². The molecule has 0 aliphatic carbocycles. The normalized spacial score (nSPS) is 25.0. The average Bonchev–Trinajstić information content (AvgIpc) is 3.21. The summed E-state index contributed by atoms with van der Waals surface area (Å²) in [7, 11) is 1.53. The number of ether oxygens (including phenoxy) is 4. The van der Waals surface area contributed by atoms with E-state index in [0.29, 0.717) is 27.7 Å². The molecule has 0 spiro atoms. The third-order valence-electron chi connectivity index (χ3n) is 6.54. The Morgan fingerprint density at radius 2 is 1.74 bits per heavy atom. The first-order chi connectivity index (χ1) is 16.7. The van der Waals surface area contributed by atoms with Gasteiger partial charge in [0.25, 0.3) is 5.91 Å². The molecule has 3 aromatic rings. The van der Waals surface area contributed by atoms with Crippen molar-refractivity contribution in [1.29, 1.82) is 0 Å². The SMILES string of the molecule is CO[C@@H]1[C@H]2OC(=O)O[C@H]2[C@H](c2ccc3cc(NC(=O)c4ccccc4)c(=O)oc3c2C)OC1(C)C. The number of hydrogen-bond donors (Lipinski definition) is 1. The van der Waals surface area contributed by atoms with Crippen LogP contribution in [0.15, 0.2) is 57.7 Å². The molecule has 2 fully saturated rings. The lowest BCUT2D eigenvalue weighted by Gasteiger charge is -2.46. The Hall–Kier alpha value is -3.69. The molecule has 2 saturated heterocycles. The maximum Gasteiger partial charge on any atom is 0.509 e. The topological polar surface area (TPSA) is 113 Å². The zero-order chi connectivity index (χ0) is 24.9. The third kappa shape index (κ3) is 3.96. The Bertz CT molecular complexity index is 1360. The molecule has 2 aromatic carbocycles. The summed E-state index contributed by atoms with van der Waals surface area (Å²) in [4.78, 5) is 37.2. The van der Waals surface area contributed by atoms with E-state index in [1.54, 1.807) is 49.4 Å². The van der Waals surface area contributed by atoms with Crippen molar-refractivity contribution in [2.45, 2.75) is 50.8 Å². The third-order valence-corrected chi connectivity index (χ3v) is 6.54. The van der Waals surface area contributed by atoms with Crippen LogP contribution in [0.3, 0.4) is 0 Å². The summed E-state index contributed by atoms with van der Waals surface area (Å²) in [6.45, 7) is 5.51. The molecule has 9 heteroatoms. The van der Waals surface area contributed by atoms with Crippen LogP contribution in [-0.2, 0) is 18.9 Å². The van der Waals surface area contributed by atoms with Crippen molar-refractivity contribution in [3.63, 3.8) is 0 Å². The molecule has 35 heavy (non-hydrogen) atoms. The Kier molecular flexibility index (Phi) is 5.61. The highest BCUT2D eigenvalue weighted by Crippen LogP contribution is 2.45. The predicted molar refractivity (Wildman–Crippen MR) is 125 cm³/mol. The van der Waals surface area contributed by atoms with Gasteiger partial charge < -0.3 is 28.7 Å². The van der Waals surface area contributed by atoms with E-state index in [9.17, 15) is 14.4 Å². The van der Waals surface area contributed by atoms with E-state index in [4.69, 9.17) is 23.4 Å². The fourth-order valence-corrected chi connectivity index (χ4v) is 4.89. The first kappa shape index (κ1) is 23.1. The lowest BCUT2D eigenvalue weighted by atomic mass is 9.84. The van der Waals surface area contributed by atoms with Crippen LogP contribution in [0, 0.1) is 6.92 Å². The maximum atomic E-state index is 12.7. The minimum Gasteiger partial charge on any atom is -0.424 e. The molecular formula is C26H25NO8. The summed E-state index contributed by atoms with van der Waals surface area (Å²) >= 11 is 0. The van der Waals surface area contributed by atoms with Crippen LogP contribution >= 0.6 is 0 Å². The minimum absolute atomic E-state index is 0.0367. The van der Waals surface area contributed by atoms with Gasteiger partial charge in [0.1, 0.15) is 23.5 Å². The van der Waals surface area contributed by atoms with Crippen LogP contribution in [-0.4, -0.2) is 43.1 Å². The van der Waals surface area contributed by atoms with E-state index >= 15 is 0 Å². The predicted octanol–water partition coefficient (Wildman–Crippen LogP) is 4.12. The van der Waals surface area contributed by atoms with Crippen molar-refractivity contribution < 1.29 is 33.0 Å². The van der Waals surface area contributed by atoms with Gasteiger partial charge in [-0.3, -0.25) is 4.79 Å². The highest BCUT2D eigenvalue weighted by molar-refractivity contribution is 6.04. The molecule has 5 rings (SSSR count). The molecule has 0 bridgehead atoms. The smallest absolute Gasteiger partial charge is 0.424 e. The van der Waals surface area contributed by atoms with Gasteiger partial charge in [-0.1, -0.05) is 30.3 Å². The lowest BCUT2D eigenvalue weighted by molar-refractivity contribution is -0.237. The molecule has 1 N–H and O–H groups in total. The number of carbonyl (C=O) groups is 2. The molecule has 4 atom stereocenters. The number of benzene rings is 2. The summed E-state index contributed by atoms with van der Waals surface area (Å²) in [5, 5.41) is 3.24. The number of aryl methyl sites for hydroxylation is 1. The number of hydrogen-bond acceptors (Lipinski definition) is 8. The van der Waals surface area contributed by atoms with E-state index in [-0.39, 0.29) is 5.69 Å². The molecule has 2 aliphatic rings. The maximum absolute atomic E-state index is 12.7. The van der Waals surface area contributed by atoms with Crippen molar-refractivity contribution in [3.8, 4) is 0 Å². The molecule has 0 unspecified atom stereocenters. The van der Waals surface area contributed by atoms with Gasteiger partial charge in [-0.2, -0.15) is 0 Å². The van der Waals surface area contributed by atoms with Crippen LogP contribution in [0.4, 0.5) is 10.5 Å². The fourth-order valence-electron chi connectivity index (χ4n) is 4.89. The van der Waals surface area contributed by atoms with Gasteiger partial charge in [0, 0.05) is 18.1 Å². The van der Waals surface area contributed by atoms with Gasteiger partial charge in [0.05, 0.1) is 5.60 Å². The number of methoxy groups -OCH3 is 1. The first-order valence-electron chi connectivity index (χ1n) is 11.2. The fraction of sp³-hybridized carbons (Fsp3) is 0.346. The number of nitrogens with one attached hydrogen (secondary N) is 1. The zero-order valence-electron chi connectivity index (χ0n) is 19.7. The Morgan fingerprint density at radius 3 is 2.46 bits per heavy atom. The Morgan fingerprint density at radius 1 is 1.03 bits per heavy atom. The van der Waals surface area contributed by atoms with Crippen molar-refractivity contribution in [2.24, 2.45) is 0 Å². The number of fused-ring (bicyclic) bond motifs is 2. The second-order valence-electron chi connectivity index (χ2n) is 9.18. The number of carbonyl (C=O) groups excluding carboxylic acids is 2. The molecular weight excluding hydrogens is 454 g/mol. The Balaban J connectivity index is 1.51. The summed E-state index contributed by atoms with van der Waals surface area (Å²) in [5.74, 6) is -0.412. The summed E-state index contributed by atoms with van der Waals surface area (Å²) < 4.78 is 28.4. The minimum atomic E-state index is -0.789. The van der Waals surface area contributed by atoms with Crippen LogP contribution in [0.5, 0.6) is 0 Å². The van der Waals surface area contributed by atoms with Gasteiger partial charge in [0.2, 0.25) is 0 Å². The average molecular weight is 479 g/mol. The van der Waals surface area contributed by atoms with Gasteiger partial charge >= 0.3 is 11.8 Å². The van der Waals surface area contributed by atoms with Gasteiger partial charge in [0.15, 0.2) is 12.2 Å². The first-order valence-corrected chi connectivity index (χ1v) is 11.2. The molecule has 3 heterocycles. The zero-order valence-corrected chi connectivity index (χ0v) is 19.7. The summed E-state index contributed by atoms with van der Waals surface area (Å²) in [6, 6.07) is 13.8. The van der Waals surface area contributed by atoms with E-state index in [2.05, 4.69) is 5.32 Å². The van der Waals surface area contributed by atoms with Crippen molar-refractivity contribution >= 4 is 28.7 Å².